The van der Waals surface area contributed by atoms with E-state index >= 15 is 0 Å². The number of benzene rings is 1. The minimum Gasteiger partial charge on any atom is -0.346 e. The molecule has 0 aliphatic rings. The van der Waals surface area contributed by atoms with Crippen LogP contribution in [0.3, 0.4) is 0 Å². The monoisotopic (exact) mass is 269 g/mol. The number of nitrogens with one attached hydrogen (secondary N) is 1. The summed E-state index contributed by atoms with van der Waals surface area (Å²) in [5, 5.41) is 10.8. The molecule has 20 heavy (non-hydrogen) atoms. The van der Waals surface area contributed by atoms with Gasteiger partial charge >= 0.3 is 0 Å². The quantitative estimate of drug-likeness (QED) is 0.928. The number of aryl methyl sites for hydroxylation is 1. The molecule has 4 heteroatoms. The van der Waals surface area contributed by atoms with Gasteiger partial charge in [-0.15, -0.1) is 0 Å². The zero-order valence-corrected chi connectivity index (χ0v) is 12.1. The third-order valence-electron chi connectivity index (χ3n) is 3.12. The normalized spacial score (nSPS) is 10.6. The van der Waals surface area contributed by atoms with Gasteiger partial charge < -0.3 is 5.32 Å². The fourth-order valence-electron chi connectivity index (χ4n) is 1.81. The predicted octanol–water partition coefficient (Wildman–Crippen LogP) is 2.84. The highest BCUT2D eigenvalue weighted by Gasteiger charge is 2.06. The second-order valence-electron chi connectivity index (χ2n) is 5.13. The van der Waals surface area contributed by atoms with Crippen LogP contribution < -0.4 is 5.32 Å². The maximum atomic E-state index is 12.0. The van der Waals surface area contributed by atoms with Gasteiger partial charge in [0.25, 0.3) is 5.91 Å². The second kappa shape index (κ2) is 6.28. The summed E-state index contributed by atoms with van der Waals surface area (Å²) in [7, 11) is 0. The van der Waals surface area contributed by atoms with E-state index in [-0.39, 0.29) is 5.91 Å². The predicted molar refractivity (Wildman–Crippen MR) is 78.5 cm³/mol. The van der Waals surface area contributed by atoms with Gasteiger partial charge in [0, 0.05) is 5.56 Å². The lowest BCUT2D eigenvalue weighted by atomic mass is 10.0. The Morgan fingerprint density at radius 2 is 1.80 bits per heavy atom. The van der Waals surface area contributed by atoms with Gasteiger partial charge in [-0.3, -0.25) is 4.79 Å². The molecule has 0 saturated heterocycles. The lowest BCUT2D eigenvalue weighted by Crippen LogP contribution is -2.23. The average molecular weight is 269 g/mol. The first kappa shape index (κ1) is 14.2. The number of amides is 1. The molecule has 0 fully saturated rings. The number of hydrogen-bond acceptors (Lipinski definition) is 3. The lowest BCUT2D eigenvalue weighted by molar-refractivity contribution is 0.0950. The highest BCUT2D eigenvalue weighted by Crippen LogP contribution is 2.14. The van der Waals surface area contributed by atoms with Crippen molar-refractivity contribution in [2.24, 2.45) is 0 Å². The van der Waals surface area contributed by atoms with Crippen LogP contribution in [-0.4, -0.2) is 16.1 Å². The number of nitrogens with zero attached hydrogens (tertiary/aromatic N) is 2. The Kier molecular flexibility index (Phi) is 4.45. The van der Waals surface area contributed by atoms with Crippen LogP contribution in [0.25, 0.3) is 0 Å². The summed E-state index contributed by atoms with van der Waals surface area (Å²) in [5.41, 5.74) is 3.51. The van der Waals surface area contributed by atoms with Gasteiger partial charge in [-0.05, 0) is 42.7 Å². The highest BCUT2D eigenvalue weighted by molar-refractivity contribution is 5.94. The van der Waals surface area contributed by atoms with Gasteiger partial charge in [0.2, 0.25) is 0 Å². The summed E-state index contributed by atoms with van der Waals surface area (Å²) in [4.78, 5) is 12.0. The number of hydrogen-bond donors (Lipinski definition) is 1. The molecule has 0 aliphatic carbocycles. The van der Waals surface area contributed by atoms with Crippen LogP contribution in [0.2, 0.25) is 0 Å². The minimum absolute atomic E-state index is 0.0947. The van der Waals surface area contributed by atoms with Crippen LogP contribution in [0, 0.1) is 6.92 Å². The third-order valence-corrected chi connectivity index (χ3v) is 3.12. The van der Waals surface area contributed by atoms with Gasteiger partial charge in [0.15, 0.2) is 0 Å². The van der Waals surface area contributed by atoms with Crippen molar-refractivity contribution in [2.75, 3.05) is 0 Å². The summed E-state index contributed by atoms with van der Waals surface area (Å²) in [6.45, 7) is 6.53. The summed E-state index contributed by atoms with van der Waals surface area (Å²) < 4.78 is 0. The van der Waals surface area contributed by atoms with Crippen molar-refractivity contribution in [3.05, 3.63) is 58.9 Å². The van der Waals surface area contributed by atoms with E-state index < -0.39 is 0 Å². The van der Waals surface area contributed by atoms with Gasteiger partial charge in [-0.1, -0.05) is 26.0 Å². The molecule has 4 nitrogen and oxygen atoms in total. The van der Waals surface area contributed by atoms with Crippen LogP contribution in [0.5, 0.6) is 0 Å². The van der Waals surface area contributed by atoms with Gasteiger partial charge in [0.05, 0.1) is 17.9 Å². The smallest absolute Gasteiger partial charge is 0.251 e. The molecule has 1 aromatic carbocycles. The van der Waals surface area contributed by atoms with E-state index in [4.69, 9.17) is 0 Å². The Hall–Kier alpha value is -2.23. The molecule has 0 bridgehead atoms. The fraction of sp³-hybridized carbons (Fsp3) is 0.312. The average Bonchev–Trinajstić information content (AvgIpc) is 2.46. The molecule has 1 amide bonds. The molecule has 0 radical (unpaired) electrons. The molecule has 1 N–H and O–H groups in total. The molecule has 0 unspecified atom stereocenters. The van der Waals surface area contributed by atoms with E-state index in [1.807, 2.05) is 43.3 Å². The van der Waals surface area contributed by atoms with Crippen molar-refractivity contribution < 1.29 is 4.79 Å². The van der Waals surface area contributed by atoms with Crippen molar-refractivity contribution in [1.29, 1.82) is 0 Å². The molecule has 2 rings (SSSR count). The Morgan fingerprint density at radius 3 is 2.35 bits per heavy atom. The summed E-state index contributed by atoms with van der Waals surface area (Å²) in [5.74, 6) is 0.373. The number of aromatic nitrogens is 2. The van der Waals surface area contributed by atoms with Crippen LogP contribution in [-0.2, 0) is 6.54 Å². The highest BCUT2D eigenvalue weighted by atomic mass is 16.1. The van der Waals surface area contributed by atoms with Crippen molar-refractivity contribution >= 4 is 5.91 Å². The maximum absolute atomic E-state index is 12.0. The molecule has 1 heterocycles. The molecule has 2 aromatic rings. The molecule has 0 spiro atoms. The first-order valence-electron chi connectivity index (χ1n) is 6.73. The standard InChI is InChI=1S/C16H19N3O/c1-11(2)13-5-7-14(8-6-13)16(20)17-10-15-9-4-12(3)18-19-15/h4-9,11H,10H2,1-3H3,(H,17,20). The van der Waals surface area contributed by atoms with Crippen molar-refractivity contribution in [3.8, 4) is 0 Å². The third kappa shape index (κ3) is 3.63. The first-order chi connectivity index (χ1) is 9.56. The van der Waals surface area contributed by atoms with E-state index in [1.165, 1.54) is 5.56 Å². The molecule has 0 saturated carbocycles. The van der Waals surface area contributed by atoms with Gasteiger partial charge in [0.1, 0.15) is 0 Å². The van der Waals surface area contributed by atoms with E-state index in [0.29, 0.717) is 18.0 Å². The van der Waals surface area contributed by atoms with E-state index in [0.717, 1.165) is 11.4 Å². The Bertz CT molecular complexity index is 574. The van der Waals surface area contributed by atoms with Gasteiger partial charge in [-0.25, -0.2) is 0 Å². The molecule has 0 aliphatic heterocycles. The number of rotatable bonds is 4. The van der Waals surface area contributed by atoms with E-state index in [2.05, 4.69) is 29.4 Å². The van der Waals surface area contributed by atoms with E-state index in [9.17, 15) is 4.79 Å². The minimum atomic E-state index is -0.0947. The molecule has 0 atom stereocenters. The molecule has 1 aromatic heterocycles. The number of carbonyl (C=O) groups excluding carboxylic acids is 1. The Balaban J connectivity index is 1.96. The summed E-state index contributed by atoms with van der Waals surface area (Å²) >= 11 is 0. The zero-order valence-electron chi connectivity index (χ0n) is 12.1. The van der Waals surface area contributed by atoms with E-state index in [1.54, 1.807) is 0 Å². The Labute approximate surface area is 119 Å². The fourth-order valence-corrected chi connectivity index (χ4v) is 1.81. The molecular weight excluding hydrogens is 250 g/mol. The topological polar surface area (TPSA) is 54.9 Å². The second-order valence-corrected chi connectivity index (χ2v) is 5.13. The Morgan fingerprint density at radius 1 is 1.10 bits per heavy atom. The number of carbonyl (C=O) groups is 1. The molecule has 104 valence electrons. The first-order valence-corrected chi connectivity index (χ1v) is 6.73. The van der Waals surface area contributed by atoms with Crippen molar-refractivity contribution in [1.82, 2.24) is 15.5 Å². The van der Waals surface area contributed by atoms with Crippen LogP contribution in [0.4, 0.5) is 0 Å². The zero-order chi connectivity index (χ0) is 14.5. The van der Waals surface area contributed by atoms with Crippen LogP contribution in [0.15, 0.2) is 36.4 Å². The van der Waals surface area contributed by atoms with Crippen LogP contribution in [0.1, 0.15) is 47.1 Å². The summed E-state index contributed by atoms with van der Waals surface area (Å²) in [6.07, 6.45) is 0. The largest absolute Gasteiger partial charge is 0.346 e. The van der Waals surface area contributed by atoms with Crippen LogP contribution >= 0.6 is 0 Å². The lowest BCUT2D eigenvalue weighted by Gasteiger charge is -2.07. The van der Waals surface area contributed by atoms with Crippen molar-refractivity contribution in [2.45, 2.75) is 33.2 Å². The van der Waals surface area contributed by atoms with Crippen molar-refractivity contribution in [3.63, 3.8) is 0 Å². The van der Waals surface area contributed by atoms with Gasteiger partial charge in [-0.2, -0.15) is 10.2 Å². The summed E-state index contributed by atoms with van der Waals surface area (Å²) in [6, 6.07) is 11.4. The molecular formula is C16H19N3O. The SMILES string of the molecule is Cc1ccc(CNC(=O)c2ccc(C(C)C)cc2)nn1. The maximum Gasteiger partial charge on any atom is 0.251 e.